The molecule has 10 rings (SSSR count). The maximum absolute atomic E-state index is 15.2. The van der Waals surface area contributed by atoms with Gasteiger partial charge in [0.15, 0.2) is 0 Å². The second-order valence-electron chi connectivity index (χ2n) is 28.5. The van der Waals surface area contributed by atoms with Gasteiger partial charge in [0.1, 0.15) is 35.3 Å². The average Bonchev–Trinajstić information content (AvgIpc) is 1.59. The van der Waals surface area contributed by atoms with Gasteiger partial charge in [-0.25, -0.2) is 9.59 Å². The van der Waals surface area contributed by atoms with Crippen LogP contribution in [-0.4, -0.2) is 131 Å². The number of carbonyl (C=O) groups excluding carboxylic acids is 4. The number of hydrogen-bond acceptors (Lipinski definition) is 8. The normalized spacial score (nSPS) is 18.3. The van der Waals surface area contributed by atoms with Crippen molar-refractivity contribution in [2.45, 2.75) is 180 Å². The van der Waals surface area contributed by atoms with Crippen molar-refractivity contribution in [3.05, 3.63) is 198 Å². The molecule has 0 bridgehead atoms. The zero-order chi connectivity index (χ0) is 69.7. The van der Waals surface area contributed by atoms with Crippen LogP contribution in [0.25, 0.3) is 0 Å². The molecule has 2 fully saturated rings. The fourth-order valence-corrected chi connectivity index (χ4v) is 14.3. The first-order valence-corrected chi connectivity index (χ1v) is 37.1. The van der Waals surface area contributed by atoms with Crippen LogP contribution in [-0.2, 0) is 20.4 Å². The Balaban J connectivity index is 0.634. The first-order valence-electron chi connectivity index (χ1n) is 35.6. The van der Waals surface area contributed by atoms with Gasteiger partial charge in [-0.1, -0.05) is 213 Å². The van der Waals surface area contributed by atoms with Crippen LogP contribution in [0.1, 0.15) is 214 Å². The van der Waals surface area contributed by atoms with Gasteiger partial charge in [0.05, 0.1) is 36.4 Å². The number of rotatable bonds is 25. The second-order valence-corrected chi connectivity index (χ2v) is 30.2. The third-order valence-corrected chi connectivity index (χ3v) is 20.5. The molecule has 0 spiro atoms. The number of benzene rings is 6. The summed E-state index contributed by atoms with van der Waals surface area (Å²) in [6, 6.07) is 40.8. The van der Waals surface area contributed by atoms with Crippen molar-refractivity contribution in [1.29, 1.82) is 0 Å². The van der Waals surface area contributed by atoms with Crippen LogP contribution in [0.15, 0.2) is 143 Å². The molecule has 0 saturated carbocycles. The highest BCUT2D eigenvalue weighted by Gasteiger charge is 2.47. The molecule has 14 nitrogen and oxygen atoms in total. The number of carbonyl (C=O) groups is 4. The van der Waals surface area contributed by atoms with Crippen molar-refractivity contribution in [1.82, 2.24) is 29.4 Å². The third-order valence-electron chi connectivity index (χ3n) is 19.5. The number of amides is 6. The Morgan fingerprint density at radius 3 is 0.949 bits per heavy atom. The molecule has 6 aromatic carbocycles. The number of amidine groups is 2. The first kappa shape index (κ1) is 73.6. The summed E-state index contributed by atoms with van der Waals surface area (Å²) in [6.07, 6.45) is 14.1. The predicted octanol–water partition coefficient (Wildman–Crippen LogP) is 19.5. The standard InChI is InChI=1S/C80H98Cl4N8O6/c1-9-97-67-53-59(79(3,4)5)33-43-65(67)75-85-71(55-25-35-61(81)36-26-55)73(57-29-39-63(83)40-30-57)91(75)77(95)89-49-45-87(46-50-89)69(93)23-21-19-17-15-13-11-12-14-16-18-20-22-24-70(94)88-47-51-90(52-48-88)78(96)92-74(58-31-41-64(84)42-32-58)72(56-27-37-62(82)38-28-56)86-76(92)66-44-34-60(80(6,7)8)54-68(66)98-10-2/h25-44,53-54,71-74H,9-24,45-52H2,1-8H3. The van der Waals surface area contributed by atoms with Crippen molar-refractivity contribution in [3.8, 4) is 11.5 Å². The van der Waals surface area contributed by atoms with Gasteiger partial charge in [-0.15, -0.1) is 0 Å². The Bertz CT molecular complexity index is 3500. The van der Waals surface area contributed by atoms with Gasteiger partial charge >= 0.3 is 12.1 Å². The summed E-state index contributed by atoms with van der Waals surface area (Å²) in [7, 11) is 0. The van der Waals surface area contributed by atoms with Gasteiger partial charge in [0.2, 0.25) is 11.8 Å². The van der Waals surface area contributed by atoms with Gasteiger partial charge in [-0.3, -0.25) is 29.4 Å². The van der Waals surface area contributed by atoms with E-state index in [2.05, 4.69) is 65.8 Å². The van der Waals surface area contributed by atoms with Crippen LogP contribution in [0.5, 0.6) is 11.5 Å². The molecule has 4 aliphatic rings. The molecule has 2 saturated heterocycles. The number of halogens is 4. The molecule has 0 aromatic heterocycles. The molecule has 4 aliphatic heterocycles. The number of urea groups is 2. The molecule has 0 N–H and O–H groups in total. The predicted molar refractivity (Wildman–Crippen MR) is 398 cm³/mol. The lowest BCUT2D eigenvalue weighted by molar-refractivity contribution is -0.133. The van der Waals surface area contributed by atoms with Gasteiger partial charge in [-0.2, -0.15) is 0 Å². The Labute approximate surface area is 601 Å². The van der Waals surface area contributed by atoms with E-state index in [1.165, 1.54) is 25.7 Å². The van der Waals surface area contributed by atoms with E-state index in [1.54, 1.807) is 0 Å². The summed E-state index contributed by atoms with van der Waals surface area (Å²) in [5, 5.41) is 2.43. The van der Waals surface area contributed by atoms with Crippen molar-refractivity contribution in [2.24, 2.45) is 9.98 Å². The molecule has 18 heteroatoms. The van der Waals surface area contributed by atoms with Crippen LogP contribution in [0, 0.1) is 0 Å². The van der Waals surface area contributed by atoms with Crippen LogP contribution in [0.2, 0.25) is 20.1 Å². The van der Waals surface area contributed by atoms with Crippen molar-refractivity contribution < 1.29 is 28.7 Å². The van der Waals surface area contributed by atoms with E-state index < -0.39 is 24.2 Å². The molecule has 6 aromatic rings. The zero-order valence-corrected chi connectivity index (χ0v) is 61.5. The van der Waals surface area contributed by atoms with E-state index in [4.69, 9.17) is 65.9 Å². The van der Waals surface area contributed by atoms with Crippen LogP contribution >= 0.6 is 46.4 Å². The molecular formula is C80H98Cl4N8O6. The van der Waals surface area contributed by atoms with Crippen LogP contribution < -0.4 is 9.47 Å². The van der Waals surface area contributed by atoms with Gasteiger partial charge in [0, 0.05) is 85.3 Å². The molecule has 6 amide bonds. The topological polar surface area (TPSA) is 131 Å². The Hall–Kier alpha value is -7.10. The van der Waals surface area contributed by atoms with E-state index in [9.17, 15) is 9.59 Å². The highest BCUT2D eigenvalue weighted by molar-refractivity contribution is 6.31. The van der Waals surface area contributed by atoms with Crippen LogP contribution in [0.4, 0.5) is 9.59 Å². The summed E-state index contributed by atoms with van der Waals surface area (Å²) in [4.78, 5) is 79.8. The minimum Gasteiger partial charge on any atom is -0.493 e. The zero-order valence-electron chi connectivity index (χ0n) is 58.5. The molecule has 522 valence electrons. The molecule has 0 radical (unpaired) electrons. The monoisotopic (exact) mass is 1410 g/mol. The molecule has 0 aliphatic carbocycles. The highest BCUT2D eigenvalue weighted by Crippen LogP contribution is 2.48. The van der Waals surface area contributed by atoms with Crippen LogP contribution in [0.3, 0.4) is 0 Å². The lowest BCUT2D eigenvalue weighted by Gasteiger charge is -2.39. The quantitative estimate of drug-likeness (QED) is 0.0525. The second kappa shape index (κ2) is 33.8. The summed E-state index contributed by atoms with van der Waals surface area (Å²) >= 11 is 25.7. The summed E-state index contributed by atoms with van der Waals surface area (Å²) < 4.78 is 12.7. The number of aliphatic imine (C=N–C) groups is 2. The fourth-order valence-electron chi connectivity index (χ4n) is 13.8. The maximum Gasteiger partial charge on any atom is 0.326 e. The number of piperazine rings is 2. The van der Waals surface area contributed by atoms with Crippen molar-refractivity contribution >= 4 is 82.0 Å². The van der Waals surface area contributed by atoms with Crippen molar-refractivity contribution in [3.63, 3.8) is 0 Å². The number of ether oxygens (including phenoxy) is 2. The lowest BCUT2D eigenvalue weighted by Crippen LogP contribution is -2.55. The summed E-state index contributed by atoms with van der Waals surface area (Å²) in [6.45, 7) is 21.3. The van der Waals surface area contributed by atoms with E-state index >= 15 is 9.59 Å². The minimum absolute atomic E-state index is 0.130. The van der Waals surface area contributed by atoms with Gasteiger partial charge in [0.25, 0.3) is 0 Å². The van der Waals surface area contributed by atoms with E-state index in [0.717, 1.165) is 95.9 Å². The largest absolute Gasteiger partial charge is 0.493 e. The number of hydrogen-bond donors (Lipinski definition) is 0. The molecule has 98 heavy (non-hydrogen) atoms. The number of nitrogens with zero attached hydrogens (tertiary/aromatic N) is 8. The maximum atomic E-state index is 15.2. The van der Waals surface area contributed by atoms with E-state index in [-0.39, 0.29) is 34.7 Å². The summed E-state index contributed by atoms with van der Waals surface area (Å²) in [5.74, 6) is 2.70. The number of unbranched alkanes of at least 4 members (excludes halogenated alkanes) is 11. The van der Waals surface area contributed by atoms with E-state index in [0.29, 0.717) is 122 Å². The van der Waals surface area contributed by atoms with E-state index in [1.807, 2.05) is 152 Å². The molecule has 4 atom stereocenters. The highest BCUT2D eigenvalue weighted by atomic mass is 35.5. The smallest absolute Gasteiger partial charge is 0.326 e. The first-order chi connectivity index (χ1) is 47.1. The Kier molecular flexibility index (Phi) is 25.4. The van der Waals surface area contributed by atoms with Crippen molar-refractivity contribution in [2.75, 3.05) is 65.6 Å². The third kappa shape index (κ3) is 18.3. The lowest BCUT2D eigenvalue weighted by atomic mass is 9.86. The SMILES string of the molecule is CCOc1cc(C(C)(C)C)ccc1C1=NC(c2ccc(Cl)cc2)C(c2ccc(Cl)cc2)N1C(=O)N1CCN(C(=O)CCCCCCCCCCCCCCC(=O)N2CCN(C(=O)N3C(c4ccc(C(C)(C)C)cc4OCC)=NC(c4ccc(Cl)cc4)C3c3ccc(Cl)cc3)CC2)CC1. The molecular weight excluding hydrogens is 1310 g/mol. The molecule has 4 unspecified atom stereocenters. The average molecular weight is 1410 g/mol. The van der Waals surface area contributed by atoms with Gasteiger partial charge < -0.3 is 29.1 Å². The van der Waals surface area contributed by atoms with Gasteiger partial charge in [-0.05, 0) is 144 Å². The molecule has 4 heterocycles. The summed E-state index contributed by atoms with van der Waals surface area (Å²) in [5.41, 5.74) is 7.08. The Morgan fingerprint density at radius 2 is 0.663 bits per heavy atom. The minimum atomic E-state index is -0.500. The Morgan fingerprint density at radius 1 is 0.388 bits per heavy atom. The fraction of sp³-hybridized carbons (Fsp3) is 0.475.